The van der Waals surface area contributed by atoms with Gasteiger partial charge in [-0.3, -0.25) is 9.79 Å². The first kappa shape index (κ1) is 19.0. The van der Waals surface area contributed by atoms with E-state index in [4.69, 9.17) is 4.74 Å². The van der Waals surface area contributed by atoms with E-state index in [1.807, 2.05) is 11.8 Å². The monoisotopic (exact) mass is 360 g/mol. The summed E-state index contributed by atoms with van der Waals surface area (Å²) in [4.78, 5) is 18.2. The van der Waals surface area contributed by atoms with Crippen molar-refractivity contribution in [1.29, 1.82) is 0 Å². The third-order valence-corrected chi connectivity index (χ3v) is 6.36. The summed E-state index contributed by atoms with van der Waals surface area (Å²) in [5.74, 6) is 0.673. The number of nitrogens with one attached hydrogen (secondary N) is 1. The maximum atomic E-state index is 11.9. The Morgan fingerprint density at radius 2 is 2.12 bits per heavy atom. The molecule has 2 saturated heterocycles. The van der Waals surface area contributed by atoms with Crippen LogP contribution in [0, 0.1) is 5.92 Å². The van der Waals surface area contributed by atoms with Crippen LogP contribution < -0.4 is 5.32 Å². The molecule has 1 N–H and O–H groups in total. The summed E-state index contributed by atoms with van der Waals surface area (Å²) in [7, 11) is -1.37. The van der Waals surface area contributed by atoms with Crippen molar-refractivity contribution in [3.05, 3.63) is 0 Å². The molecule has 0 aliphatic carbocycles. The van der Waals surface area contributed by atoms with E-state index >= 15 is 0 Å². The normalized spacial score (nSPS) is 24.8. The Hall–Kier alpha value is -1.35. The van der Waals surface area contributed by atoms with E-state index < -0.39 is 10.0 Å². The van der Waals surface area contributed by atoms with Crippen LogP contribution in [0.5, 0.6) is 0 Å². The minimum absolute atomic E-state index is 0.129. The lowest BCUT2D eigenvalue weighted by atomic mass is 9.98. The average Bonchev–Trinajstić information content (AvgIpc) is 2.90. The average molecular weight is 360 g/mol. The van der Waals surface area contributed by atoms with Gasteiger partial charge in [-0.2, -0.15) is 0 Å². The number of esters is 1. The van der Waals surface area contributed by atoms with Crippen LogP contribution in [0.4, 0.5) is 0 Å². The summed E-state index contributed by atoms with van der Waals surface area (Å²) >= 11 is 0. The molecule has 1 unspecified atom stereocenters. The molecule has 0 spiro atoms. The van der Waals surface area contributed by atoms with Gasteiger partial charge < -0.3 is 15.0 Å². The summed E-state index contributed by atoms with van der Waals surface area (Å²) in [5, 5.41) is 3.21. The van der Waals surface area contributed by atoms with Gasteiger partial charge in [-0.25, -0.2) is 12.7 Å². The second kappa shape index (κ2) is 8.66. The molecule has 24 heavy (non-hydrogen) atoms. The largest absolute Gasteiger partial charge is 0.466 e. The fourth-order valence-electron chi connectivity index (χ4n) is 3.19. The van der Waals surface area contributed by atoms with Crippen LogP contribution in [0.3, 0.4) is 0 Å². The van der Waals surface area contributed by atoms with E-state index in [0.29, 0.717) is 45.2 Å². The molecular weight excluding hydrogens is 332 g/mol. The van der Waals surface area contributed by atoms with Crippen molar-refractivity contribution in [2.75, 3.05) is 52.1 Å². The topological polar surface area (TPSA) is 91.3 Å². The number of carbonyl (C=O) groups is 1. The van der Waals surface area contributed by atoms with Crippen LogP contribution in [-0.2, 0) is 19.6 Å². The molecule has 2 heterocycles. The van der Waals surface area contributed by atoms with Gasteiger partial charge in [-0.15, -0.1) is 0 Å². The van der Waals surface area contributed by atoms with E-state index in [2.05, 4.69) is 10.3 Å². The quantitative estimate of drug-likeness (QED) is 0.417. The summed E-state index contributed by atoms with van der Waals surface area (Å²) in [6.07, 6.45) is 2.44. The molecule has 0 bridgehead atoms. The molecule has 2 fully saturated rings. The maximum Gasteiger partial charge on any atom is 0.310 e. The predicted molar refractivity (Wildman–Crippen MR) is 92.3 cm³/mol. The highest BCUT2D eigenvalue weighted by atomic mass is 32.2. The Kier molecular flexibility index (Phi) is 6.85. The fourth-order valence-corrected chi connectivity index (χ4v) is 4.72. The van der Waals surface area contributed by atoms with Crippen molar-refractivity contribution in [2.24, 2.45) is 10.9 Å². The van der Waals surface area contributed by atoms with Gasteiger partial charge >= 0.3 is 5.97 Å². The lowest BCUT2D eigenvalue weighted by Crippen LogP contribution is -2.49. The minimum Gasteiger partial charge on any atom is -0.466 e. The van der Waals surface area contributed by atoms with Gasteiger partial charge in [0.25, 0.3) is 0 Å². The molecule has 0 radical (unpaired) electrons. The molecule has 138 valence electrons. The zero-order valence-corrected chi connectivity index (χ0v) is 15.3. The third-order valence-electron chi connectivity index (χ3n) is 4.40. The summed E-state index contributed by atoms with van der Waals surface area (Å²) < 4.78 is 30.2. The van der Waals surface area contributed by atoms with Crippen molar-refractivity contribution in [1.82, 2.24) is 14.5 Å². The van der Waals surface area contributed by atoms with E-state index in [-0.39, 0.29) is 17.6 Å². The minimum atomic E-state index is -3.06. The lowest BCUT2D eigenvalue weighted by molar-refractivity contribution is -0.149. The second-order valence-corrected chi connectivity index (χ2v) is 8.17. The lowest BCUT2D eigenvalue weighted by Gasteiger charge is -2.34. The Balaban J connectivity index is 1.83. The Bertz CT molecular complexity index is 564. The van der Waals surface area contributed by atoms with E-state index in [1.54, 1.807) is 7.05 Å². The molecule has 1 atom stereocenters. The van der Waals surface area contributed by atoms with Gasteiger partial charge in [0.1, 0.15) is 0 Å². The van der Waals surface area contributed by atoms with Gasteiger partial charge in [-0.05, 0) is 26.2 Å². The zero-order valence-electron chi connectivity index (χ0n) is 14.5. The number of piperidine rings is 1. The first-order valence-corrected chi connectivity index (χ1v) is 10.2. The molecule has 2 aliphatic heterocycles. The number of nitrogens with zero attached hydrogens (tertiary/aromatic N) is 3. The highest BCUT2D eigenvalue weighted by Gasteiger charge is 2.29. The van der Waals surface area contributed by atoms with Crippen molar-refractivity contribution < 1.29 is 17.9 Å². The molecule has 0 aromatic carbocycles. The van der Waals surface area contributed by atoms with E-state index in [0.717, 1.165) is 19.4 Å². The molecule has 9 heteroatoms. The van der Waals surface area contributed by atoms with Crippen molar-refractivity contribution in [3.63, 3.8) is 0 Å². The van der Waals surface area contributed by atoms with Crippen LogP contribution in [-0.4, -0.2) is 81.7 Å². The summed E-state index contributed by atoms with van der Waals surface area (Å²) in [6.45, 7) is 5.16. The van der Waals surface area contributed by atoms with E-state index in [1.165, 1.54) is 4.31 Å². The van der Waals surface area contributed by atoms with Gasteiger partial charge in [0.05, 0.1) is 18.3 Å². The third kappa shape index (κ3) is 4.83. The van der Waals surface area contributed by atoms with Crippen molar-refractivity contribution in [2.45, 2.75) is 26.2 Å². The molecule has 0 aromatic rings. The summed E-state index contributed by atoms with van der Waals surface area (Å²) in [5.41, 5.74) is 0. The summed E-state index contributed by atoms with van der Waals surface area (Å²) in [6, 6.07) is 0. The molecule has 0 aromatic heterocycles. The zero-order chi connectivity index (χ0) is 17.6. The predicted octanol–water partition coefficient (Wildman–Crippen LogP) is -0.128. The van der Waals surface area contributed by atoms with Crippen molar-refractivity contribution >= 4 is 22.0 Å². The molecule has 2 rings (SSSR count). The van der Waals surface area contributed by atoms with Gasteiger partial charge in [0, 0.05) is 39.8 Å². The molecule has 2 aliphatic rings. The van der Waals surface area contributed by atoms with Crippen LogP contribution in [0.15, 0.2) is 4.99 Å². The number of rotatable bonds is 5. The van der Waals surface area contributed by atoms with Gasteiger partial charge in [0.15, 0.2) is 5.96 Å². The Labute approximate surface area is 144 Å². The Morgan fingerprint density at radius 3 is 2.75 bits per heavy atom. The number of ether oxygens (including phenoxy) is 1. The van der Waals surface area contributed by atoms with Crippen LogP contribution in [0.2, 0.25) is 0 Å². The van der Waals surface area contributed by atoms with E-state index in [9.17, 15) is 13.2 Å². The van der Waals surface area contributed by atoms with Gasteiger partial charge in [0.2, 0.25) is 10.0 Å². The highest BCUT2D eigenvalue weighted by Crippen LogP contribution is 2.18. The van der Waals surface area contributed by atoms with Crippen LogP contribution in [0.25, 0.3) is 0 Å². The maximum absolute atomic E-state index is 11.9. The molecule has 8 nitrogen and oxygen atoms in total. The van der Waals surface area contributed by atoms with Crippen molar-refractivity contribution in [3.8, 4) is 0 Å². The number of likely N-dealkylation sites (tertiary alicyclic amines) is 1. The first-order valence-electron chi connectivity index (χ1n) is 8.58. The second-order valence-electron chi connectivity index (χ2n) is 6.08. The first-order chi connectivity index (χ1) is 11.5. The Morgan fingerprint density at radius 1 is 1.33 bits per heavy atom. The standard InChI is InChI=1S/C15H28N4O4S/c1-3-23-14(20)13-6-4-8-18(12-13)15(16-2)17-7-10-19-9-5-11-24(19,21)22/h13H,3-12H2,1-2H3,(H,16,17). The number of hydrogen-bond donors (Lipinski definition) is 1. The van der Waals surface area contributed by atoms with Crippen LogP contribution >= 0.6 is 0 Å². The molecular formula is C15H28N4O4S. The number of carbonyl (C=O) groups excluding carboxylic acids is 1. The fraction of sp³-hybridized carbons (Fsp3) is 0.867. The smallest absolute Gasteiger partial charge is 0.310 e. The SMILES string of the molecule is CCOC(=O)C1CCCN(C(=NC)NCCN2CCCS2(=O)=O)C1. The van der Waals surface area contributed by atoms with Crippen LogP contribution in [0.1, 0.15) is 26.2 Å². The highest BCUT2D eigenvalue weighted by molar-refractivity contribution is 7.89. The number of aliphatic imine (C=N–C) groups is 1. The number of sulfonamides is 1. The molecule has 0 amide bonds. The van der Waals surface area contributed by atoms with Gasteiger partial charge in [-0.1, -0.05) is 0 Å². The molecule has 0 saturated carbocycles. The number of hydrogen-bond acceptors (Lipinski definition) is 5. The number of guanidine groups is 1.